The molecule has 0 aromatic heterocycles. The Morgan fingerprint density at radius 3 is 1.74 bits per heavy atom. The predicted octanol–water partition coefficient (Wildman–Crippen LogP) is 3.03. The van der Waals surface area contributed by atoms with Crippen molar-refractivity contribution in [2.24, 2.45) is 0 Å². The Kier molecular flexibility index (Phi) is 6.43. The highest BCUT2D eigenvalue weighted by atomic mass is 16.5. The number of carbonyl (C=O) groups excluding carboxylic acids is 4. The fraction of sp³-hybridized carbons (Fsp3) is 0.200. The van der Waals surface area contributed by atoms with Crippen molar-refractivity contribution >= 4 is 34.9 Å². The van der Waals surface area contributed by atoms with Gasteiger partial charge in [0.1, 0.15) is 0 Å². The largest absolute Gasteiger partial charge is 0.449 e. The number of hydrogen-bond acceptors (Lipinski definition) is 5. The second-order valence-electron chi connectivity index (χ2n) is 5.93. The van der Waals surface area contributed by atoms with Crippen molar-refractivity contribution in [1.29, 1.82) is 0 Å². The SMILES string of the molecule is CC(=O)Nc1ccc(C(=O)O[C@H](C)C(=O)Nc2ccc(C(C)=O)cc2)cc1. The number of carbonyl (C=O) groups is 4. The predicted molar refractivity (Wildman–Crippen MR) is 101 cm³/mol. The smallest absolute Gasteiger partial charge is 0.338 e. The van der Waals surface area contributed by atoms with Gasteiger partial charge in [0.15, 0.2) is 11.9 Å². The van der Waals surface area contributed by atoms with E-state index in [9.17, 15) is 19.2 Å². The Morgan fingerprint density at radius 1 is 0.778 bits per heavy atom. The standard InChI is InChI=1S/C20H20N2O5/c1-12(23)15-4-8-18(9-5-15)22-19(25)13(2)27-20(26)16-6-10-17(11-7-16)21-14(3)24/h4-11,13H,1-3H3,(H,21,24)(H,22,25)/t13-/m1/s1. The van der Waals surface area contributed by atoms with E-state index < -0.39 is 18.0 Å². The summed E-state index contributed by atoms with van der Waals surface area (Å²) in [5.41, 5.74) is 1.84. The molecular formula is C20H20N2O5. The van der Waals surface area contributed by atoms with E-state index >= 15 is 0 Å². The molecule has 0 aliphatic rings. The number of ketones is 1. The zero-order valence-corrected chi connectivity index (χ0v) is 15.2. The lowest BCUT2D eigenvalue weighted by molar-refractivity contribution is -0.123. The summed E-state index contributed by atoms with van der Waals surface area (Å²) in [6, 6.07) is 12.5. The van der Waals surface area contributed by atoms with Gasteiger partial charge in [-0.2, -0.15) is 0 Å². The molecule has 0 bridgehead atoms. The summed E-state index contributed by atoms with van der Waals surface area (Å²) in [6.07, 6.45) is -1.01. The number of rotatable bonds is 6. The first-order valence-corrected chi connectivity index (χ1v) is 8.27. The summed E-state index contributed by atoms with van der Waals surface area (Å²) in [5.74, 6) is -1.43. The van der Waals surface area contributed by atoms with Crippen molar-refractivity contribution in [3.8, 4) is 0 Å². The minimum atomic E-state index is -1.01. The molecule has 0 saturated carbocycles. The molecule has 0 spiro atoms. The topological polar surface area (TPSA) is 102 Å². The van der Waals surface area contributed by atoms with Crippen LogP contribution in [0.5, 0.6) is 0 Å². The molecule has 0 aliphatic carbocycles. The number of benzene rings is 2. The minimum absolute atomic E-state index is 0.0697. The summed E-state index contributed by atoms with van der Waals surface area (Å²) < 4.78 is 5.16. The number of amides is 2. The fourth-order valence-electron chi connectivity index (χ4n) is 2.21. The van der Waals surface area contributed by atoms with Crippen molar-refractivity contribution in [1.82, 2.24) is 0 Å². The molecule has 27 heavy (non-hydrogen) atoms. The van der Waals surface area contributed by atoms with E-state index in [0.717, 1.165) is 0 Å². The van der Waals surface area contributed by atoms with E-state index in [4.69, 9.17) is 4.74 Å². The summed E-state index contributed by atoms with van der Waals surface area (Å²) in [4.78, 5) is 46.6. The van der Waals surface area contributed by atoms with Crippen LogP contribution in [0.2, 0.25) is 0 Å². The third-order valence-electron chi connectivity index (χ3n) is 3.65. The van der Waals surface area contributed by atoms with Gasteiger partial charge in [0, 0.05) is 23.9 Å². The van der Waals surface area contributed by atoms with Crippen LogP contribution in [-0.4, -0.2) is 29.7 Å². The maximum Gasteiger partial charge on any atom is 0.338 e. The molecule has 7 heteroatoms. The molecule has 0 radical (unpaired) electrons. The summed E-state index contributed by atoms with van der Waals surface area (Å²) >= 11 is 0. The monoisotopic (exact) mass is 368 g/mol. The summed E-state index contributed by atoms with van der Waals surface area (Å²) in [6.45, 7) is 4.30. The number of Topliss-reactive ketones (excluding diaryl/α,β-unsaturated/α-hetero) is 1. The third kappa shape index (κ3) is 5.78. The zero-order valence-electron chi connectivity index (χ0n) is 15.2. The molecule has 0 heterocycles. The van der Waals surface area contributed by atoms with Gasteiger partial charge in [-0.05, 0) is 62.4 Å². The molecular weight excluding hydrogens is 348 g/mol. The van der Waals surface area contributed by atoms with E-state index in [2.05, 4.69) is 10.6 Å². The van der Waals surface area contributed by atoms with Gasteiger partial charge in [-0.15, -0.1) is 0 Å². The summed E-state index contributed by atoms with van der Waals surface area (Å²) in [5, 5.41) is 5.21. The van der Waals surface area contributed by atoms with Crippen LogP contribution in [-0.2, 0) is 14.3 Å². The van der Waals surface area contributed by atoms with E-state index in [1.54, 1.807) is 36.4 Å². The first kappa shape index (κ1) is 19.8. The van der Waals surface area contributed by atoms with E-state index in [1.807, 2.05) is 0 Å². The van der Waals surface area contributed by atoms with Crippen molar-refractivity contribution < 1.29 is 23.9 Å². The van der Waals surface area contributed by atoms with Crippen molar-refractivity contribution in [3.63, 3.8) is 0 Å². The van der Waals surface area contributed by atoms with Gasteiger partial charge in [-0.25, -0.2) is 4.79 Å². The normalized spacial score (nSPS) is 11.2. The maximum atomic E-state index is 12.2. The Morgan fingerprint density at radius 2 is 1.26 bits per heavy atom. The minimum Gasteiger partial charge on any atom is -0.449 e. The second kappa shape index (κ2) is 8.75. The van der Waals surface area contributed by atoms with Crippen LogP contribution in [0.4, 0.5) is 11.4 Å². The van der Waals surface area contributed by atoms with E-state index in [-0.39, 0.29) is 17.3 Å². The molecule has 2 amide bonds. The molecule has 2 rings (SSSR count). The molecule has 140 valence electrons. The van der Waals surface area contributed by atoms with Crippen LogP contribution < -0.4 is 10.6 Å². The lowest BCUT2D eigenvalue weighted by Crippen LogP contribution is -2.30. The Bertz CT molecular complexity index is 857. The third-order valence-corrected chi connectivity index (χ3v) is 3.65. The van der Waals surface area contributed by atoms with E-state index in [1.165, 1.54) is 32.9 Å². The number of esters is 1. The average molecular weight is 368 g/mol. The zero-order chi connectivity index (χ0) is 20.0. The van der Waals surface area contributed by atoms with Gasteiger partial charge in [-0.1, -0.05) is 0 Å². The van der Waals surface area contributed by atoms with Crippen molar-refractivity contribution in [2.75, 3.05) is 10.6 Å². The summed E-state index contributed by atoms with van der Waals surface area (Å²) in [7, 11) is 0. The highest BCUT2D eigenvalue weighted by molar-refractivity contribution is 5.98. The van der Waals surface area contributed by atoms with Crippen molar-refractivity contribution in [3.05, 3.63) is 59.7 Å². The number of hydrogen-bond donors (Lipinski definition) is 2. The Balaban J connectivity index is 1.93. The fourth-order valence-corrected chi connectivity index (χ4v) is 2.21. The van der Waals surface area contributed by atoms with Gasteiger partial charge in [-0.3, -0.25) is 14.4 Å². The van der Waals surface area contributed by atoms with E-state index in [0.29, 0.717) is 16.9 Å². The first-order chi connectivity index (χ1) is 12.8. The van der Waals surface area contributed by atoms with Gasteiger partial charge >= 0.3 is 5.97 Å². The average Bonchev–Trinajstić information content (AvgIpc) is 2.62. The van der Waals surface area contributed by atoms with Crippen LogP contribution in [0.3, 0.4) is 0 Å². The molecule has 7 nitrogen and oxygen atoms in total. The molecule has 2 N–H and O–H groups in total. The highest BCUT2D eigenvalue weighted by Crippen LogP contribution is 2.13. The van der Waals surface area contributed by atoms with Gasteiger partial charge < -0.3 is 15.4 Å². The molecule has 2 aromatic rings. The molecule has 0 aliphatic heterocycles. The lowest BCUT2D eigenvalue weighted by Gasteiger charge is -2.14. The highest BCUT2D eigenvalue weighted by Gasteiger charge is 2.19. The van der Waals surface area contributed by atoms with Gasteiger partial charge in [0.2, 0.25) is 5.91 Å². The molecule has 0 fully saturated rings. The number of anilines is 2. The molecule has 0 saturated heterocycles. The first-order valence-electron chi connectivity index (χ1n) is 8.27. The van der Waals surface area contributed by atoms with Gasteiger partial charge in [0.05, 0.1) is 5.56 Å². The van der Waals surface area contributed by atoms with Crippen molar-refractivity contribution in [2.45, 2.75) is 26.9 Å². The quantitative estimate of drug-likeness (QED) is 0.603. The van der Waals surface area contributed by atoms with Crippen LogP contribution in [0.1, 0.15) is 41.5 Å². The Labute approximate surface area is 156 Å². The maximum absolute atomic E-state index is 12.2. The van der Waals surface area contributed by atoms with Gasteiger partial charge in [0.25, 0.3) is 5.91 Å². The lowest BCUT2D eigenvalue weighted by atomic mass is 10.1. The Hall–Kier alpha value is -3.48. The molecule has 1 atom stereocenters. The molecule has 0 unspecified atom stereocenters. The molecule has 2 aromatic carbocycles. The second-order valence-corrected chi connectivity index (χ2v) is 5.93. The number of ether oxygens (including phenoxy) is 1. The number of nitrogens with one attached hydrogen (secondary N) is 2. The van der Waals surface area contributed by atoms with Crippen LogP contribution in [0, 0.1) is 0 Å². The van der Waals surface area contributed by atoms with Crippen LogP contribution in [0.15, 0.2) is 48.5 Å². The van der Waals surface area contributed by atoms with Crippen LogP contribution >= 0.6 is 0 Å². The van der Waals surface area contributed by atoms with Crippen LogP contribution in [0.25, 0.3) is 0 Å².